The van der Waals surface area contributed by atoms with E-state index in [-0.39, 0.29) is 17.9 Å². The number of pyridine rings is 1. The Morgan fingerprint density at radius 3 is 2.70 bits per heavy atom. The quantitative estimate of drug-likeness (QED) is 0.726. The lowest BCUT2D eigenvalue weighted by Gasteiger charge is -2.32. The topological polar surface area (TPSA) is 75.9 Å². The number of imidazole rings is 1. The minimum atomic E-state index is -0.284. The lowest BCUT2D eigenvalue weighted by atomic mass is 9.99. The zero-order chi connectivity index (χ0) is 21.4. The average molecular weight is 406 g/mol. The minimum Gasteiger partial charge on any atom is -0.368 e. The average Bonchev–Trinajstić information content (AvgIpc) is 3.11. The Morgan fingerprint density at radius 2 is 2.00 bits per heavy atom. The van der Waals surface area contributed by atoms with Crippen molar-refractivity contribution >= 4 is 17.5 Å². The third-order valence-electron chi connectivity index (χ3n) is 5.61. The predicted molar refractivity (Wildman–Crippen MR) is 114 cm³/mol. The van der Waals surface area contributed by atoms with E-state index >= 15 is 0 Å². The van der Waals surface area contributed by atoms with Gasteiger partial charge in [-0.2, -0.15) is 0 Å². The maximum atomic E-state index is 12.0. The van der Waals surface area contributed by atoms with Gasteiger partial charge in [0.15, 0.2) is 0 Å². The van der Waals surface area contributed by atoms with E-state index < -0.39 is 0 Å². The third kappa shape index (κ3) is 3.57. The number of hydrogen-bond donors (Lipinski definition) is 1. The fourth-order valence-electron chi connectivity index (χ4n) is 3.99. The molecule has 1 aromatic carbocycles. The van der Waals surface area contributed by atoms with Gasteiger partial charge in [0, 0.05) is 37.8 Å². The van der Waals surface area contributed by atoms with Gasteiger partial charge in [-0.15, -0.1) is 0 Å². The summed E-state index contributed by atoms with van der Waals surface area (Å²) >= 11 is 0. The van der Waals surface area contributed by atoms with E-state index in [1.807, 2.05) is 59.7 Å². The molecule has 1 atom stereocenters. The highest BCUT2D eigenvalue weighted by atomic mass is 16.5. The lowest BCUT2D eigenvalue weighted by molar-refractivity contribution is -0.136. The number of benzene rings is 1. The Kier molecular flexibility index (Phi) is 5.30. The highest BCUT2D eigenvalue weighted by Gasteiger charge is 2.30. The Labute approximate surface area is 175 Å². The first-order valence-corrected chi connectivity index (χ1v) is 10.1. The number of rotatable bonds is 3. The maximum Gasteiger partial charge on any atom is 0.251 e. The molecule has 1 N–H and O–H groups in total. The van der Waals surface area contributed by atoms with Gasteiger partial charge in [-0.1, -0.05) is 6.07 Å². The second-order valence-corrected chi connectivity index (χ2v) is 7.71. The summed E-state index contributed by atoms with van der Waals surface area (Å²) in [6, 6.07) is 9.69. The molecule has 2 aromatic heterocycles. The summed E-state index contributed by atoms with van der Waals surface area (Å²) in [5, 5.41) is 2.66. The molecule has 0 aliphatic carbocycles. The van der Waals surface area contributed by atoms with Crippen LogP contribution in [0.15, 0.2) is 36.5 Å². The standard InChI is InChI=1S/C23H26N4O3/c1-14-7-8-27-20(11-14)25-21(18-6-5-17(12-15(18)2)23(29)24-4)22(27)19-13-26(16(3)28)9-10-30-19/h5-8,11-12,19H,9-10,13H2,1-4H3,(H,24,29). The molecule has 7 nitrogen and oxygen atoms in total. The maximum absolute atomic E-state index is 12.0. The lowest BCUT2D eigenvalue weighted by Crippen LogP contribution is -2.41. The molecule has 30 heavy (non-hydrogen) atoms. The number of amides is 2. The van der Waals surface area contributed by atoms with Crippen LogP contribution in [0.4, 0.5) is 0 Å². The van der Waals surface area contributed by atoms with Gasteiger partial charge in [0.2, 0.25) is 5.91 Å². The van der Waals surface area contributed by atoms with E-state index in [0.717, 1.165) is 33.7 Å². The van der Waals surface area contributed by atoms with Crippen LogP contribution < -0.4 is 5.32 Å². The fourth-order valence-corrected chi connectivity index (χ4v) is 3.99. The number of nitrogens with one attached hydrogen (secondary N) is 1. The summed E-state index contributed by atoms with van der Waals surface area (Å²) in [5.74, 6) is -0.0798. The van der Waals surface area contributed by atoms with Crippen LogP contribution in [0.5, 0.6) is 0 Å². The van der Waals surface area contributed by atoms with Gasteiger partial charge in [0.25, 0.3) is 5.91 Å². The van der Waals surface area contributed by atoms with Crippen LogP contribution in [0, 0.1) is 13.8 Å². The van der Waals surface area contributed by atoms with E-state index in [9.17, 15) is 9.59 Å². The van der Waals surface area contributed by atoms with E-state index in [2.05, 4.69) is 5.32 Å². The number of carbonyl (C=O) groups excluding carboxylic acids is 2. The van der Waals surface area contributed by atoms with Gasteiger partial charge < -0.3 is 19.4 Å². The number of carbonyl (C=O) groups is 2. The molecule has 4 rings (SSSR count). The monoisotopic (exact) mass is 406 g/mol. The Hall–Kier alpha value is -3.19. The van der Waals surface area contributed by atoms with Crippen LogP contribution in [0.3, 0.4) is 0 Å². The molecule has 1 aliphatic heterocycles. The van der Waals surface area contributed by atoms with Gasteiger partial charge >= 0.3 is 0 Å². The van der Waals surface area contributed by atoms with E-state index in [4.69, 9.17) is 9.72 Å². The Balaban J connectivity index is 1.87. The van der Waals surface area contributed by atoms with Crippen LogP contribution in [-0.4, -0.2) is 52.8 Å². The molecule has 1 aliphatic rings. The molecule has 156 valence electrons. The third-order valence-corrected chi connectivity index (χ3v) is 5.61. The molecule has 2 amide bonds. The van der Waals surface area contributed by atoms with Crippen molar-refractivity contribution in [1.29, 1.82) is 0 Å². The smallest absolute Gasteiger partial charge is 0.251 e. The summed E-state index contributed by atoms with van der Waals surface area (Å²) in [7, 11) is 1.62. The number of hydrogen-bond acceptors (Lipinski definition) is 4. The predicted octanol–water partition coefficient (Wildman–Crippen LogP) is 2.90. The van der Waals surface area contributed by atoms with Crippen LogP contribution in [0.2, 0.25) is 0 Å². The summed E-state index contributed by atoms with van der Waals surface area (Å²) in [4.78, 5) is 30.7. The SMILES string of the molecule is CNC(=O)c1ccc(-c2nc3cc(C)ccn3c2C2CN(C(C)=O)CCO2)c(C)c1. The van der Waals surface area contributed by atoms with Gasteiger partial charge in [0.05, 0.1) is 24.5 Å². The first kappa shape index (κ1) is 20.1. The van der Waals surface area contributed by atoms with Crippen molar-refractivity contribution in [2.75, 3.05) is 26.7 Å². The van der Waals surface area contributed by atoms with Crippen molar-refractivity contribution in [3.05, 3.63) is 58.9 Å². The molecule has 0 spiro atoms. The van der Waals surface area contributed by atoms with Gasteiger partial charge in [-0.25, -0.2) is 4.98 Å². The second-order valence-electron chi connectivity index (χ2n) is 7.71. The van der Waals surface area contributed by atoms with Crippen LogP contribution in [0.25, 0.3) is 16.9 Å². The largest absolute Gasteiger partial charge is 0.368 e. The Bertz CT molecular complexity index is 1130. The van der Waals surface area contributed by atoms with Crippen LogP contribution in [-0.2, 0) is 9.53 Å². The number of morpholine rings is 1. The molecule has 1 fully saturated rings. The van der Waals surface area contributed by atoms with Crippen molar-refractivity contribution in [2.45, 2.75) is 26.9 Å². The molecule has 0 saturated carbocycles. The number of aryl methyl sites for hydroxylation is 2. The van der Waals surface area contributed by atoms with Gasteiger partial charge in [-0.05, 0) is 49.2 Å². The summed E-state index contributed by atoms with van der Waals surface area (Å²) in [6.07, 6.45) is 1.72. The molecule has 7 heteroatoms. The first-order valence-electron chi connectivity index (χ1n) is 10.1. The van der Waals surface area contributed by atoms with Crippen molar-refractivity contribution in [3.63, 3.8) is 0 Å². The van der Waals surface area contributed by atoms with Crippen molar-refractivity contribution in [1.82, 2.24) is 19.6 Å². The fraction of sp³-hybridized carbons (Fsp3) is 0.348. The highest BCUT2D eigenvalue weighted by Crippen LogP contribution is 2.35. The molecule has 0 bridgehead atoms. The van der Waals surface area contributed by atoms with E-state index in [1.165, 1.54) is 0 Å². The van der Waals surface area contributed by atoms with Crippen molar-refractivity contribution in [2.24, 2.45) is 0 Å². The highest BCUT2D eigenvalue weighted by molar-refractivity contribution is 5.95. The zero-order valence-electron chi connectivity index (χ0n) is 17.7. The zero-order valence-corrected chi connectivity index (χ0v) is 17.7. The van der Waals surface area contributed by atoms with Crippen molar-refractivity contribution < 1.29 is 14.3 Å². The van der Waals surface area contributed by atoms with E-state index in [0.29, 0.717) is 25.3 Å². The van der Waals surface area contributed by atoms with Crippen LogP contribution in [0.1, 0.15) is 40.2 Å². The summed E-state index contributed by atoms with van der Waals surface area (Å²) in [5.41, 5.74) is 6.20. The van der Waals surface area contributed by atoms with Crippen molar-refractivity contribution in [3.8, 4) is 11.3 Å². The minimum absolute atomic E-state index is 0.0422. The molecule has 3 heterocycles. The van der Waals surface area contributed by atoms with Crippen LogP contribution >= 0.6 is 0 Å². The number of nitrogens with zero attached hydrogens (tertiary/aromatic N) is 3. The van der Waals surface area contributed by atoms with Gasteiger partial charge in [-0.3, -0.25) is 9.59 Å². The van der Waals surface area contributed by atoms with Gasteiger partial charge in [0.1, 0.15) is 11.8 Å². The molecular weight excluding hydrogens is 380 g/mol. The molecule has 1 saturated heterocycles. The number of ether oxygens (including phenoxy) is 1. The normalized spacial score (nSPS) is 16.7. The first-order chi connectivity index (χ1) is 14.4. The second kappa shape index (κ2) is 7.91. The Morgan fingerprint density at radius 1 is 1.20 bits per heavy atom. The molecule has 1 unspecified atom stereocenters. The summed E-state index contributed by atoms with van der Waals surface area (Å²) in [6.45, 7) is 7.16. The molecular formula is C23H26N4O3. The van der Waals surface area contributed by atoms with E-state index in [1.54, 1.807) is 14.0 Å². The summed E-state index contributed by atoms with van der Waals surface area (Å²) < 4.78 is 8.15. The molecule has 0 radical (unpaired) electrons. The number of fused-ring (bicyclic) bond motifs is 1. The molecule has 3 aromatic rings. The number of aromatic nitrogens is 2.